The van der Waals surface area contributed by atoms with Crippen molar-refractivity contribution in [3.8, 4) is 0 Å². The number of rotatable bonds is 8. The molecule has 0 aliphatic carbocycles. The van der Waals surface area contributed by atoms with Crippen molar-refractivity contribution in [2.45, 2.75) is 32.7 Å². The lowest BCUT2D eigenvalue weighted by Gasteiger charge is -2.35. The minimum Gasteiger partial charge on any atom is -0.480 e. The third-order valence-electron chi connectivity index (χ3n) is 4.34. The lowest BCUT2D eigenvalue weighted by atomic mass is 10.0. The molecular weight excluding hydrogens is 320 g/mol. The minimum atomic E-state index is -0.967. The molecule has 0 saturated carbocycles. The number of pyridine rings is 1. The number of piperazine rings is 1. The van der Waals surface area contributed by atoms with Gasteiger partial charge in [-0.15, -0.1) is 0 Å². The Morgan fingerprint density at radius 3 is 2.52 bits per heavy atom. The van der Waals surface area contributed by atoms with Gasteiger partial charge in [-0.25, -0.2) is 9.78 Å². The van der Waals surface area contributed by atoms with Gasteiger partial charge in [-0.05, 0) is 24.5 Å². The first kappa shape index (κ1) is 19.2. The third-order valence-corrected chi connectivity index (χ3v) is 4.34. The maximum absolute atomic E-state index is 12.0. The van der Waals surface area contributed by atoms with Crippen LogP contribution >= 0.6 is 0 Å². The van der Waals surface area contributed by atoms with E-state index in [9.17, 15) is 14.7 Å². The predicted molar refractivity (Wildman–Crippen MR) is 96.5 cm³/mol. The zero-order valence-corrected chi connectivity index (χ0v) is 15.0. The maximum Gasteiger partial charge on any atom is 0.326 e. The van der Waals surface area contributed by atoms with E-state index < -0.39 is 12.0 Å². The molecule has 0 aromatic carbocycles. The Kier molecular flexibility index (Phi) is 7.18. The molecule has 1 fully saturated rings. The highest BCUT2D eigenvalue weighted by atomic mass is 16.4. The molecule has 1 saturated heterocycles. The molecular formula is C18H28N4O3. The first-order valence-corrected chi connectivity index (χ1v) is 8.86. The van der Waals surface area contributed by atoms with Crippen LogP contribution in [0.25, 0.3) is 0 Å². The van der Waals surface area contributed by atoms with E-state index in [1.165, 1.54) is 0 Å². The van der Waals surface area contributed by atoms with Gasteiger partial charge in [0, 0.05) is 45.3 Å². The van der Waals surface area contributed by atoms with Crippen LogP contribution in [-0.2, 0) is 9.59 Å². The van der Waals surface area contributed by atoms with E-state index in [0.29, 0.717) is 19.4 Å². The number of aliphatic carboxylic acids is 1. The molecule has 7 nitrogen and oxygen atoms in total. The SMILES string of the molecule is CC(C)C[C@H](NC(=O)CCN1CCN(c2ccccn2)CC1)C(=O)O. The van der Waals surface area contributed by atoms with Gasteiger partial charge in [0.1, 0.15) is 11.9 Å². The monoisotopic (exact) mass is 348 g/mol. The molecule has 1 amide bonds. The normalized spacial score (nSPS) is 16.7. The maximum atomic E-state index is 12.0. The molecule has 138 valence electrons. The molecule has 0 radical (unpaired) electrons. The second kappa shape index (κ2) is 9.36. The van der Waals surface area contributed by atoms with Gasteiger partial charge in [0.15, 0.2) is 0 Å². The number of carboxylic acid groups (broad SMARTS) is 1. The van der Waals surface area contributed by atoms with E-state index in [1.54, 1.807) is 6.20 Å². The van der Waals surface area contributed by atoms with Crippen LogP contribution in [0.5, 0.6) is 0 Å². The van der Waals surface area contributed by atoms with Crippen LogP contribution in [0.1, 0.15) is 26.7 Å². The highest BCUT2D eigenvalue weighted by molar-refractivity contribution is 5.83. The number of carboxylic acids is 1. The average molecular weight is 348 g/mol. The van der Waals surface area contributed by atoms with E-state index in [0.717, 1.165) is 32.0 Å². The number of carbonyl (C=O) groups excluding carboxylic acids is 1. The average Bonchev–Trinajstić information content (AvgIpc) is 2.60. The van der Waals surface area contributed by atoms with Gasteiger partial charge in [-0.3, -0.25) is 9.69 Å². The third kappa shape index (κ3) is 6.34. The largest absolute Gasteiger partial charge is 0.480 e. The number of anilines is 1. The molecule has 0 bridgehead atoms. The van der Waals surface area contributed by atoms with E-state index in [-0.39, 0.29) is 11.8 Å². The van der Waals surface area contributed by atoms with Gasteiger partial charge < -0.3 is 15.3 Å². The molecule has 2 rings (SSSR count). The Morgan fingerprint density at radius 2 is 1.96 bits per heavy atom. The van der Waals surface area contributed by atoms with Gasteiger partial charge in [0.05, 0.1) is 0 Å². The van der Waals surface area contributed by atoms with Crippen molar-refractivity contribution in [2.75, 3.05) is 37.6 Å². The number of nitrogens with zero attached hydrogens (tertiary/aromatic N) is 3. The summed E-state index contributed by atoms with van der Waals surface area (Å²) in [6, 6.07) is 5.09. The number of aromatic nitrogens is 1. The molecule has 2 heterocycles. The quantitative estimate of drug-likeness (QED) is 0.734. The highest BCUT2D eigenvalue weighted by Gasteiger charge is 2.22. The van der Waals surface area contributed by atoms with E-state index in [1.807, 2.05) is 32.0 Å². The summed E-state index contributed by atoms with van der Waals surface area (Å²) in [5.41, 5.74) is 0. The van der Waals surface area contributed by atoms with Crippen molar-refractivity contribution < 1.29 is 14.7 Å². The van der Waals surface area contributed by atoms with Gasteiger partial charge in [-0.1, -0.05) is 19.9 Å². The summed E-state index contributed by atoms with van der Waals surface area (Å²) in [7, 11) is 0. The molecule has 1 aromatic heterocycles. The molecule has 0 unspecified atom stereocenters. The summed E-state index contributed by atoms with van der Waals surface area (Å²) in [4.78, 5) is 32.1. The molecule has 1 aromatic rings. The van der Waals surface area contributed by atoms with Gasteiger partial charge in [-0.2, -0.15) is 0 Å². The van der Waals surface area contributed by atoms with Crippen molar-refractivity contribution >= 4 is 17.7 Å². The summed E-state index contributed by atoms with van der Waals surface area (Å²) in [6.07, 6.45) is 2.57. The minimum absolute atomic E-state index is 0.194. The van der Waals surface area contributed by atoms with Crippen LogP contribution in [0.15, 0.2) is 24.4 Å². The summed E-state index contributed by atoms with van der Waals surface area (Å²) in [5, 5.41) is 11.8. The topological polar surface area (TPSA) is 85.8 Å². The lowest BCUT2D eigenvalue weighted by Crippen LogP contribution is -2.48. The van der Waals surface area contributed by atoms with E-state index in [2.05, 4.69) is 20.1 Å². The van der Waals surface area contributed by atoms with Crippen LogP contribution in [0.3, 0.4) is 0 Å². The summed E-state index contributed by atoms with van der Waals surface area (Å²) in [5.74, 6) is 0.0465. The standard InChI is InChI=1S/C18H28N4O3/c1-14(2)13-15(18(24)25)20-17(23)6-8-21-9-11-22(12-10-21)16-5-3-4-7-19-16/h3-5,7,14-15H,6,8-13H2,1-2H3,(H,20,23)(H,24,25)/t15-/m0/s1. The van der Waals surface area contributed by atoms with Crippen molar-refractivity contribution in [1.82, 2.24) is 15.2 Å². The second-order valence-corrected chi connectivity index (χ2v) is 6.85. The van der Waals surface area contributed by atoms with Crippen molar-refractivity contribution in [3.05, 3.63) is 24.4 Å². The second-order valence-electron chi connectivity index (χ2n) is 6.85. The molecule has 1 aliphatic rings. The van der Waals surface area contributed by atoms with Crippen LogP contribution in [0.4, 0.5) is 5.82 Å². The summed E-state index contributed by atoms with van der Waals surface area (Å²) in [6.45, 7) is 8.05. The smallest absolute Gasteiger partial charge is 0.326 e. The van der Waals surface area contributed by atoms with Crippen LogP contribution in [0.2, 0.25) is 0 Å². The molecule has 2 N–H and O–H groups in total. The molecule has 1 atom stereocenters. The Labute approximate surface area is 149 Å². The lowest BCUT2D eigenvalue weighted by molar-refractivity contribution is -0.142. The number of nitrogens with one attached hydrogen (secondary N) is 1. The molecule has 7 heteroatoms. The predicted octanol–water partition coefficient (Wildman–Crippen LogP) is 1.21. The fourth-order valence-electron chi connectivity index (χ4n) is 2.96. The van der Waals surface area contributed by atoms with Crippen LogP contribution in [0, 0.1) is 5.92 Å². The van der Waals surface area contributed by atoms with Crippen LogP contribution < -0.4 is 10.2 Å². The fourth-order valence-corrected chi connectivity index (χ4v) is 2.96. The summed E-state index contributed by atoms with van der Waals surface area (Å²) < 4.78 is 0. The zero-order chi connectivity index (χ0) is 18.2. The van der Waals surface area contributed by atoms with Gasteiger partial charge in [0.2, 0.25) is 5.91 Å². The van der Waals surface area contributed by atoms with Gasteiger partial charge in [0.25, 0.3) is 0 Å². The van der Waals surface area contributed by atoms with Crippen molar-refractivity contribution in [1.29, 1.82) is 0 Å². The number of carbonyl (C=O) groups is 2. The first-order valence-electron chi connectivity index (χ1n) is 8.86. The molecule has 1 aliphatic heterocycles. The highest BCUT2D eigenvalue weighted by Crippen LogP contribution is 2.12. The van der Waals surface area contributed by atoms with Crippen LogP contribution in [-0.4, -0.2) is 65.6 Å². The zero-order valence-electron chi connectivity index (χ0n) is 15.0. The van der Waals surface area contributed by atoms with Crippen molar-refractivity contribution in [3.63, 3.8) is 0 Å². The number of amides is 1. The molecule has 0 spiro atoms. The summed E-state index contributed by atoms with van der Waals surface area (Å²) >= 11 is 0. The number of hydrogen-bond acceptors (Lipinski definition) is 5. The fraction of sp³-hybridized carbons (Fsp3) is 0.611. The van der Waals surface area contributed by atoms with E-state index >= 15 is 0 Å². The molecule has 25 heavy (non-hydrogen) atoms. The Balaban J connectivity index is 1.71. The Bertz CT molecular complexity index is 557. The van der Waals surface area contributed by atoms with Crippen molar-refractivity contribution in [2.24, 2.45) is 5.92 Å². The number of hydrogen-bond donors (Lipinski definition) is 2. The Hall–Kier alpha value is -2.15. The van der Waals surface area contributed by atoms with Gasteiger partial charge >= 0.3 is 5.97 Å². The first-order chi connectivity index (χ1) is 12.0. The van der Waals surface area contributed by atoms with E-state index in [4.69, 9.17) is 0 Å². The Morgan fingerprint density at radius 1 is 1.24 bits per heavy atom.